The number of para-hydroxylation sites is 2. The monoisotopic (exact) mass is 479 g/mol. The third kappa shape index (κ3) is 5.67. The Labute approximate surface area is 202 Å². The highest BCUT2D eigenvalue weighted by molar-refractivity contribution is 8.18. The molecule has 9 heteroatoms. The van der Waals surface area contributed by atoms with Gasteiger partial charge in [0, 0.05) is 13.1 Å². The van der Waals surface area contributed by atoms with Gasteiger partial charge in [-0.2, -0.15) is 0 Å². The van der Waals surface area contributed by atoms with E-state index < -0.39 is 17.1 Å². The van der Waals surface area contributed by atoms with Crippen LogP contribution in [0.5, 0.6) is 5.75 Å². The Bertz CT molecular complexity index is 1130. The summed E-state index contributed by atoms with van der Waals surface area (Å²) in [4.78, 5) is 41.4. The molecule has 0 saturated carbocycles. The molecule has 0 unspecified atom stereocenters. The SMILES string of the molecule is C=CCOc1cccc(/C=C2/SC(=O)N(CC(=O)Nc3ccccc3N3CCOCC3)C2=O)c1. The molecule has 4 rings (SSSR count). The molecule has 2 aliphatic rings. The van der Waals surface area contributed by atoms with Gasteiger partial charge in [-0.3, -0.25) is 19.3 Å². The highest BCUT2D eigenvalue weighted by atomic mass is 32.2. The molecule has 2 aliphatic heterocycles. The van der Waals surface area contributed by atoms with E-state index in [0.29, 0.717) is 31.3 Å². The minimum absolute atomic E-state index is 0.257. The second kappa shape index (κ2) is 11.0. The predicted molar refractivity (Wildman–Crippen MR) is 133 cm³/mol. The Morgan fingerprint density at radius 2 is 1.94 bits per heavy atom. The second-order valence-corrected chi connectivity index (χ2v) is 8.60. The summed E-state index contributed by atoms with van der Waals surface area (Å²) < 4.78 is 10.9. The number of carbonyl (C=O) groups excluding carboxylic acids is 3. The highest BCUT2D eigenvalue weighted by Crippen LogP contribution is 2.33. The predicted octanol–water partition coefficient (Wildman–Crippen LogP) is 3.76. The lowest BCUT2D eigenvalue weighted by Gasteiger charge is -2.30. The van der Waals surface area contributed by atoms with Gasteiger partial charge in [0.1, 0.15) is 18.9 Å². The summed E-state index contributed by atoms with van der Waals surface area (Å²) in [6, 6.07) is 14.6. The van der Waals surface area contributed by atoms with Gasteiger partial charge in [-0.05, 0) is 47.7 Å². The molecule has 2 heterocycles. The topological polar surface area (TPSA) is 88.2 Å². The summed E-state index contributed by atoms with van der Waals surface area (Å²) in [6.07, 6.45) is 3.26. The van der Waals surface area contributed by atoms with Crippen molar-refractivity contribution in [2.75, 3.05) is 49.7 Å². The van der Waals surface area contributed by atoms with Crippen molar-refractivity contribution in [1.29, 1.82) is 0 Å². The Hall–Kier alpha value is -3.56. The van der Waals surface area contributed by atoms with Gasteiger partial charge in [0.25, 0.3) is 11.1 Å². The smallest absolute Gasteiger partial charge is 0.294 e. The first-order chi connectivity index (χ1) is 16.5. The van der Waals surface area contributed by atoms with E-state index >= 15 is 0 Å². The van der Waals surface area contributed by atoms with E-state index in [1.54, 1.807) is 36.4 Å². The van der Waals surface area contributed by atoms with Crippen LogP contribution in [0, 0.1) is 0 Å². The number of rotatable bonds is 8. The molecule has 0 radical (unpaired) electrons. The molecule has 176 valence electrons. The van der Waals surface area contributed by atoms with Gasteiger partial charge in [-0.1, -0.05) is 36.9 Å². The van der Waals surface area contributed by atoms with Gasteiger partial charge >= 0.3 is 0 Å². The lowest BCUT2D eigenvalue weighted by Crippen LogP contribution is -2.38. The van der Waals surface area contributed by atoms with E-state index in [-0.39, 0.29) is 11.4 Å². The van der Waals surface area contributed by atoms with Crippen molar-refractivity contribution in [2.45, 2.75) is 0 Å². The van der Waals surface area contributed by atoms with Crippen LogP contribution in [0.4, 0.5) is 16.2 Å². The number of hydrogen-bond donors (Lipinski definition) is 1. The molecule has 34 heavy (non-hydrogen) atoms. The maximum absolute atomic E-state index is 12.8. The van der Waals surface area contributed by atoms with Crippen LogP contribution in [-0.4, -0.2) is 61.4 Å². The number of carbonyl (C=O) groups is 3. The number of nitrogens with zero attached hydrogens (tertiary/aromatic N) is 2. The number of amides is 3. The van der Waals surface area contributed by atoms with Crippen molar-refractivity contribution in [2.24, 2.45) is 0 Å². The maximum atomic E-state index is 12.8. The third-order valence-electron chi connectivity index (χ3n) is 5.23. The molecule has 2 aromatic carbocycles. The highest BCUT2D eigenvalue weighted by Gasteiger charge is 2.36. The number of hydrogen-bond acceptors (Lipinski definition) is 7. The summed E-state index contributed by atoms with van der Waals surface area (Å²) in [5, 5.41) is 2.37. The zero-order chi connectivity index (χ0) is 23.9. The Kier molecular flexibility index (Phi) is 7.66. The van der Waals surface area contributed by atoms with Crippen LogP contribution in [0.15, 0.2) is 66.1 Å². The van der Waals surface area contributed by atoms with Crippen molar-refractivity contribution in [3.8, 4) is 5.75 Å². The average molecular weight is 480 g/mol. The van der Waals surface area contributed by atoms with E-state index in [1.165, 1.54) is 0 Å². The van der Waals surface area contributed by atoms with Crippen LogP contribution < -0.4 is 15.0 Å². The number of nitrogens with one attached hydrogen (secondary N) is 1. The van der Waals surface area contributed by atoms with Crippen molar-refractivity contribution in [3.05, 3.63) is 71.7 Å². The lowest BCUT2D eigenvalue weighted by molar-refractivity contribution is -0.127. The first-order valence-corrected chi connectivity index (χ1v) is 11.7. The fraction of sp³-hybridized carbons (Fsp3) is 0.240. The average Bonchev–Trinajstić information content (AvgIpc) is 3.11. The number of imide groups is 1. The molecule has 2 saturated heterocycles. The minimum atomic E-state index is -0.496. The van der Waals surface area contributed by atoms with Crippen LogP contribution in [0.1, 0.15) is 5.56 Å². The summed E-state index contributed by atoms with van der Waals surface area (Å²) in [5.41, 5.74) is 2.23. The molecule has 0 spiro atoms. The fourth-order valence-electron chi connectivity index (χ4n) is 3.63. The van der Waals surface area contributed by atoms with Crippen LogP contribution in [0.25, 0.3) is 6.08 Å². The van der Waals surface area contributed by atoms with E-state index in [9.17, 15) is 14.4 Å². The normalized spacial score (nSPS) is 17.2. The quantitative estimate of drug-likeness (QED) is 0.456. The summed E-state index contributed by atoms with van der Waals surface area (Å²) in [5.74, 6) is -0.306. The number of benzene rings is 2. The van der Waals surface area contributed by atoms with Gasteiger partial charge < -0.3 is 19.7 Å². The molecule has 0 aliphatic carbocycles. The van der Waals surface area contributed by atoms with E-state index in [4.69, 9.17) is 9.47 Å². The minimum Gasteiger partial charge on any atom is -0.490 e. The van der Waals surface area contributed by atoms with Crippen LogP contribution >= 0.6 is 11.8 Å². The Morgan fingerprint density at radius 1 is 1.15 bits per heavy atom. The number of morpholine rings is 1. The first-order valence-electron chi connectivity index (χ1n) is 10.9. The zero-order valence-electron chi connectivity index (χ0n) is 18.6. The van der Waals surface area contributed by atoms with Crippen LogP contribution in [-0.2, 0) is 14.3 Å². The standard InChI is InChI=1S/C25H25N3O5S/c1-2-12-33-19-7-5-6-18(15-19)16-22-24(30)28(25(31)34-22)17-23(29)26-20-8-3-4-9-21(20)27-10-13-32-14-11-27/h2-9,15-16H,1,10-14,17H2,(H,26,29)/b22-16+. The van der Waals surface area contributed by atoms with Gasteiger partial charge in [0.2, 0.25) is 5.91 Å². The van der Waals surface area contributed by atoms with Gasteiger partial charge in [0.15, 0.2) is 0 Å². The van der Waals surface area contributed by atoms with Crippen LogP contribution in [0.2, 0.25) is 0 Å². The zero-order valence-corrected chi connectivity index (χ0v) is 19.4. The third-order valence-corrected chi connectivity index (χ3v) is 6.14. The molecule has 3 amide bonds. The first kappa shape index (κ1) is 23.6. The molecule has 0 bridgehead atoms. The Balaban J connectivity index is 1.43. The van der Waals surface area contributed by atoms with Crippen LogP contribution in [0.3, 0.4) is 0 Å². The van der Waals surface area contributed by atoms with E-state index in [2.05, 4.69) is 16.8 Å². The number of thioether (sulfide) groups is 1. The van der Waals surface area contributed by atoms with Crippen molar-refractivity contribution in [3.63, 3.8) is 0 Å². The molecule has 1 N–H and O–H groups in total. The lowest BCUT2D eigenvalue weighted by atomic mass is 10.2. The van der Waals surface area contributed by atoms with Crippen molar-refractivity contribution in [1.82, 2.24) is 4.90 Å². The summed E-state index contributed by atoms with van der Waals surface area (Å²) in [6.45, 7) is 6.31. The largest absolute Gasteiger partial charge is 0.490 e. The molecule has 0 atom stereocenters. The molecule has 8 nitrogen and oxygen atoms in total. The second-order valence-electron chi connectivity index (χ2n) is 7.60. The number of anilines is 2. The summed E-state index contributed by atoms with van der Waals surface area (Å²) >= 11 is 0.814. The molecular weight excluding hydrogens is 454 g/mol. The van der Waals surface area contributed by atoms with E-state index in [1.807, 2.05) is 24.3 Å². The summed E-state index contributed by atoms with van der Waals surface area (Å²) in [7, 11) is 0. The van der Waals surface area contributed by atoms with E-state index in [0.717, 1.165) is 41.0 Å². The molecule has 2 aromatic rings. The van der Waals surface area contributed by atoms with Gasteiger partial charge in [-0.25, -0.2) is 0 Å². The van der Waals surface area contributed by atoms with Gasteiger partial charge in [-0.15, -0.1) is 0 Å². The molecule has 2 fully saturated rings. The Morgan fingerprint density at radius 3 is 2.74 bits per heavy atom. The molecular formula is C25H25N3O5S. The molecule has 0 aromatic heterocycles. The maximum Gasteiger partial charge on any atom is 0.294 e. The van der Waals surface area contributed by atoms with Gasteiger partial charge in [0.05, 0.1) is 29.5 Å². The van der Waals surface area contributed by atoms with Crippen molar-refractivity contribution < 1.29 is 23.9 Å². The van der Waals surface area contributed by atoms with Crippen molar-refractivity contribution >= 4 is 46.3 Å². The fourth-order valence-corrected chi connectivity index (χ4v) is 4.47. The number of ether oxygens (including phenoxy) is 2.